The van der Waals surface area contributed by atoms with Crippen LogP contribution in [0.3, 0.4) is 0 Å². The lowest BCUT2D eigenvalue weighted by Crippen LogP contribution is -2.12. The van der Waals surface area contributed by atoms with Gasteiger partial charge >= 0.3 is 5.97 Å². The lowest BCUT2D eigenvalue weighted by Gasteiger charge is -2.08. The van der Waals surface area contributed by atoms with Gasteiger partial charge in [0.1, 0.15) is 18.2 Å². The van der Waals surface area contributed by atoms with Gasteiger partial charge in [-0.05, 0) is 24.3 Å². The second-order valence-electron chi connectivity index (χ2n) is 3.83. The summed E-state index contributed by atoms with van der Waals surface area (Å²) in [6, 6.07) is 3.57. The Morgan fingerprint density at radius 3 is 2.74 bits per heavy atom. The summed E-state index contributed by atoms with van der Waals surface area (Å²) in [5.41, 5.74) is 0.232. The maximum atomic E-state index is 13.1. The molecule has 0 aliphatic heterocycles. The highest BCUT2D eigenvalue weighted by molar-refractivity contribution is 7.90. The molecule has 104 valence electrons. The number of carboxylic acids is 1. The zero-order valence-corrected chi connectivity index (χ0v) is 11.0. The van der Waals surface area contributed by atoms with Gasteiger partial charge in [0.25, 0.3) is 0 Å². The van der Waals surface area contributed by atoms with Gasteiger partial charge in [-0.15, -0.1) is 0 Å². The van der Waals surface area contributed by atoms with Gasteiger partial charge in [-0.25, -0.2) is 17.6 Å². The van der Waals surface area contributed by atoms with Crippen LogP contribution >= 0.6 is 0 Å². The first kappa shape index (κ1) is 15.2. The molecule has 1 rings (SSSR count). The molecule has 7 heteroatoms. The van der Waals surface area contributed by atoms with E-state index < -0.39 is 21.6 Å². The van der Waals surface area contributed by atoms with Gasteiger partial charge in [-0.2, -0.15) is 0 Å². The van der Waals surface area contributed by atoms with Crippen molar-refractivity contribution >= 4 is 21.9 Å². The monoisotopic (exact) mass is 288 g/mol. The fourth-order valence-corrected chi connectivity index (χ4v) is 1.63. The number of aliphatic carboxylic acids is 1. The van der Waals surface area contributed by atoms with Gasteiger partial charge in [-0.1, -0.05) is 0 Å². The first-order valence-electron chi connectivity index (χ1n) is 5.29. The van der Waals surface area contributed by atoms with E-state index in [4.69, 9.17) is 9.84 Å². The third-order valence-corrected chi connectivity index (χ3v) is 3.00. The highest BCUT2D eigenvalue weighted by atomic mass is 32.2. The van der Waals surface area contributed by atoms with Gasteiger partial charge < -0.3 is 9.84 Å². The quantitative estimate of drug-likeness (QED) is 0.799. The van der Waals surface area contributed by atoms with Crippen LogP contribution in [0.4, 0.5) is 4.39 Å². The third kappa shape index (κ3) is 6.01. The van der Waals surface area contributed by atoms with E-state index in [1.807, 2.05) is 0 Å². The third-order valence-electron chi connectivity index (χ3n) is 2.09. The number of rotatable bonds is 6. The molecule has 1 aromatic rings. The van der Waals surface area contributed by atoms with Crippen LogP contribution in [0.25, 0.3) is 6.08 Å². The van der Waals surface area contributed by atoms with Gasteiger partial charge in [0, 0.05) is 17.9 Å². The van der Waals surface area contributed by atoms with Crippen LogP contribution in [-0.4, -0.2) is 38.1 Å². The molecular formula is C12H13FO5S. The van der Waals surface area contributed by atoms with E-state index in [-0.39, 0.29) is 23.7 Å². The number of carbonyl (C=O) groups is 1. The number of hydrogen-bond donors (Lipinski definition) is 1. The Balaban J connectivity index is 2.85. The molecule has 0 aromatic heterocycles. The molecule has 1 N–H and O–H groups in total. The van der Waals surface area contributed by atoms with Gasteiger partial charge in [0.15, 0.2) is 9.84 Å². The molecule has 1 aromatic carbocycles. The van der Waals surface area contributed by atoms with Crippen molar-refractivity contribution in [3.63, 3.8) is 0 Å². The lowest BCUT2D eigenvalue weighted by atomic mass is 10.2. The highest BCUT2D eigenvalue weighted by Gasteiger charge is 2.06. The van der Waals surface area contributed by atoms with E-state index in [2.05, 4.69) is 0 Å². The average molecular weight is 288 g/mol. The molecule has 0 saturated carbocycles. The number of sulfone groups is 1. The Hall–Kier alpha value is -1.89. The predicted octanol–water partition coefficient (Wildman–Crippen LogP) is 1.35. The van der Waals surface area contributed by atoms with Crippen molar-refractivity contribution in [3.8, 4) is 5.75 Å². The number of hydrogen-bond acceptors (Lipinski definition) is 4. The number of benzene rings is 1. The molecule has 0 heterocycles. The second-order valence-corrected chi connectivity index (χ2v) is 6.09. The van der Waals surface area contributed by atoms with Crippen molar-refractivity contribution in [3.05, 3.63) is 35.7 Å². The van der Waals surface area contributed by atoms with Crippen molar-refractivity contribution in [2.24, 2.45) is 0 Å². The Bertz CT molecular complexity index is 592. The van der Waals surface area contributed by atoms with Crippen LogP contribution in [0, 0.1) is 5.82 Å². The van der Waals surface area contributed by atoms with Crippen molar-refractivity contribution in [2.45, 2.75) is 0 Å². The first-order chi connectivity index (χ1) is 8.78. The zero-order valence-electron chi connectivity index (χ0n) is 10.2. The van der Waals surface area contributed by atoms with Gasteiger partial charge in [-0.3, -0.25) is 0 Å². The summed E-state index contributed by atoms with van der Waals surface area (Å²) in [7, 11) is -3.15. The van der Waals surface area contributed by atoms with Crippen LogP contribution in [0.2, 0.25) is 0 Å². The molecule has 0 fully saturated rings. The number of halogens is 1. The van der Waals surface area contributed by atoms with Gasteiger partial charge in [0.05, 0.1) is 5.75 Å². The molecule has 0 bridgehead atoms. The van der Waals surface area contributed by atoms with Crippen LogP contribution in [-0.2, 0) is 14.6 Å². The normalized spacial score (nSPS) is 11.7. The summed E-state index contributed by atoms with van der Waals surface area (Å²) >= 11 is 0. The van der Waals surface area contributed by atoms with Crippen molar-refractivity contribution in [1.82, 2.24) is 0 Å². The smallest absolute Gasteiger partial charge is 0.328 e. The molecule has 0 radical (unpaired) electrons. The minimum absolute atomic E-state index is 0.0849. The van der Waals surface area contributed by atoms with Crippen LogP contribution in [0.5, 0.6) is 5.75 Å². The Kier molecular flexibility index (Phi) is 5.05. The van der Waals surface area contributed by atoms with E-state index in [0.29, 0.717) is 0 Å². The maximum absolute atomic E-state index is 13.1. The van der Waals surface area contributed by atoms with Crippen molar-refractivity contribution in [1.29, 1.82) is 0 Å². The Labute approximate surface area is 110 Å². The summed E-state index contributed by atoms with van der Waals surface area (Å²) in [5.74, 6) is -1.67. The lowest BCUT2D eigenvalue weighted by molar-refractivity contribution is -0.131. The average Bonchev–Trinajstić information content (AvgIpc) is 2.27. The molecule has 0 atom stereocenters. The zero-order chi connectivity index (χ0) is 14.5. The number of ether oxygens (including phenoxy) is 1. The van der Waals surface area contributed by atoms with Crippen LogP contribution in [0.1, 0.15) is 5.56 Å². The number of carboxylic acid groups (broad SMARTS) is 1. The van der Waals surface area contributed by atoms with Crippen LogP contribution in [0.15, 0.2) is 24.3 Å². The molecule has 5 nitrogen and oxygen atoms in total. The minimum Gasteiger partial charge on any atom is -0.492 e. The molecule has 0 saturated heterocycles. The van der Waals surface area contributed by atoms with Crippen molar-refractivity contribution < 1.29 is 27.4 Å². The summed E-state index contributed by atoms with van der Waals surface area (Å²) < 4.78 is 40.1. The Morgan fingerprint density at radius 1 is 1.47 bits per heavy atom. The minimum atomic E-state index is -3.15. The summed E-state index contributed by atoms with van der Waals surface area (Å²) in [6.45, 7) is -0.0849. The highest BCUT2D eigenvalue weighted by Crippen LogP contribution is 2.21. The maximum Gasteiger partial charge on any atom is 0.328 e. The summed E-state index contributed by atoms with van der Waals surface area (Å²) in [4.78, 5) is 10.4. The molecule has 0 aliphatic rings. The summed E-state index contributed by atoms with van der Waals surface area (Å²) in [5, 5.41) is 8.52. The van der Waals surface area contributed by atoms with Gasteiger partial charge in [0.2, 0.25) is 0 Å². The fourth-order valence-electron chi connectivity index (χ4n) is 1.25. The van der Waals surface area contributed by atoms with Crippen LogP contribution < -0.4 is 4.74 Å². The molecule has 0 unspecified atom stereocenters. The van der Waals surface area contributed by atoms with E-state index in [9.17, 15) is 17.6 Å². The fraction of sp³-hybridized carbons (Fsp3) is 0.250. The molecule has 19 heavy (non-hydrogen) atoms. The Morgan fingerprint density at radius 2 is 2.16 bits per heavy atom. The van der Waals surface area contributed by atoms with E-state index in [1.165, 1.54) is 12.1 Å². The largest absolute Gasteiger partial charge is 0.492 e. The molecular weight excluding hydrogens is 275 g/mol. The van der Waals surface area contributed by atoms with E-state index >= 15 is 0 Å². The molecule has 0 aliphatic carbocycles. The van der Waals surface area contributed by atoms with E-state index in [0.717, 1.165) is 24.5 Å². The summed E-state index contributed by atoms with van der Waals surface area (Å²) in [6.07, 6.45) is 3.10. The first-order valence-corrected chi connectivity index (χ1v) is 7.35. The SMILES string of the molecule is CS(=O)(=O)CCOc1ccc(F)cc1/C=C/C(=O)O. The predicted molar refractivity (Wildman–Crippen MR) is 68.3 cm³/mol. The molecule has 0 spiro atoms. The topological polar surface area (TPSA) is 80.7 Å². The second kappa shape index (κ2) is 6.33. The molecule has 0 amide bonds. The standard InChI is InChI=1S/C12H13FO5S/c1-19(16,17)7-6-18-11-4-3-10(13)8-9(11)2-5-12(14)15/h2-5,8H,6-7H2,1H3,(H,14,15)/b5-2+. The van der Waals surface area contributed by atoms with E-state index in [1.54, 1.807) is 0 Å². The van der Waals surface area contributed by atoms with Crippen molar-refractivity contribution in [2.75, 3.05) is 18.6 Å².